The Morgan fingerprint density at radius 2 is 1.76 bits per heavy atom. The highest BCUT2D eigenvalue weighted by molar-refractivity contribution is 9.10. The molecule has 0 saturated carbocycles. The van der Waals surface area contributed by atoms with Gasteiger partial charge in [0.05, 0.1) is 13.2 Å². The monoisotopic (exact) mass is 512 g/mol. The number of halogens is 1. The van der Waals surface area contributed by atoms with Gasteiger partial charge >= 0.3 is 0 Å². The van der Waals surface area contributed by atoms with E-state index in [4.69, 9.17) is 10.5 Å². The molecule has 2 saturated heterocycles. The first-order valence-electron chi connectivity index (χ1n) is 12.0. The van der Waals surface area contributed by atoms with Crippen molar-refractivity contribution < 1.29 is 9.53 Å². The standard InChI is InChI=1S/C26H33BrN4O2/c1-29-8-10-31(11-9-29)25-7-6-24(27)20-4-2-18(16-23(20)25)22-17-19(3-5-21(22)26(28)32)30-12-14-33-15-13-30/h3,5-7,17-18H,2,4,8-16H2,1H3,(H2,28,32). The SMILES string of the molecule is CN1CCN(c2ccc(Br)c3c2CC(c2cc(N4CCOCC4)ccc2C(N)=O)CC3)CC1. The first-order chi connectivity index (χ1) is 16.0. The zero-order chi connectivity index (χ0) is 22.9. The summed E-state index contributed by atoms with van der Waals surface area (Å²) >= 11 is 3.81. The molecule has 5 rings (SSSR count). The third-order valence-electron chi connectivity index (χ3n) is 7.50. The van der Waals surface area contributed by atoms with Crippen LogP contribution in [0.5, 0.6) is 0 Å². The summed E-state index contributed by atoms with van der Waals surface area (Å²) in [6.07, 6.45) is 2.95. The highest BCUT2D eigenvalue weighted by atomic mass is 79.9. The molecule has 1 amide bonds. The molecule has 2 N–H and O–H groups in total. The number of hydrogen-bond acceptors (Lipinski definition) is 5. The Morgan fingerprint density at radius 3 is 2.48 bits per heavy atom. The van der Waals surface area contributed by atoms with Crippen molar-refractivity contribution in [2.24, 2.45) is 5.73 Å². The minimum absolute atomic E-state index is 0.279. The van der Waals surface area contributed by atoms with Gasteiger partial charge in [0, 0.05) is 60.7 Å². The lowest BCUT2D eigenvalue weighted by Crippen LogP contribution is -2.45. The van der Waals surface area contributed by atoms with Crippen LogP contribution in [-0.4, -0.2) is 70.3 Å². The summed E-state index contributed by atoms with van der Waals surface area (Å²) in [5, 5.41) is 0. The van der Waals surface area contributed by atoms with E-state index in [1.54, 1.807) is 0 Å². The lowest BCUT2D eigenvalue weighted by molar-refractivity contribution is 0.0998. The number of carbonyl (C=O) groups is 1. The van der Waals surface area contributed by atoms with Gasteiger partial charge in [-0.05, 0) is 79.3 Å². The minimum atomic E-state index is -0.335. The molecule has 2 aliphatic heterocycles. The fourth-order valence-corrected chi connectivity index (χ4v) is 6.13. The normalized spacial score (nSPS) is 21.7. The van der Waals surface area contributed by atoms with Crippen molar-refractivity contribution in [3.63, 3.8) is 0 Å². The molecule has 1 unspecified atom stereocenters. The van der Waals surface area contributed by atoms with Crippen molar-refractivity contribution >= 4 is 33.2 Å². The van der Waals surface area contributed by atoms with Gasteiger partial charge in [-0.3, -0.25) is 4.79 Å². The van der Waals surface area contributed by atoms with Crippen LogP contribution < -0.4 is 15.5 Å². The van der Waals surface area contributed by atoms with Gasteiger partial charge < -0.3 is 25.2 Å². The summed E-state index contributed by atoms with van der Waals surface area (Å²) in [5.41, 5.74) is 13.0. The quantitative estimate of drug-likeness (QED) is 0.679. The van der Waals surface area contributed by atoms with Crippen molar-refractivity contribution in [1.82, 2.24) is 4.90 Å². The summed E-state index contributed by atoms with van der Waals surface area (Å²) < 4.78 is 6.73. The van der Waals surface area contributed by atoms with Gasteiger partial charge in [-0.25, -0.2) is 0 Å². The third kappa shape index (κ3) is 4.63. The highest BCUT2D eigenvalue weighted by Gasteiger charge is 2.29. The molecule has 3 aliphatic rings. The predicted molar refractivity (Wildman–Crippen MR) is 137 cm³/mol. The van der Waals surface area contributed by atoms with Crippen LogP contribution in [0.3, 0.4) is 0 Å². The molecule has 0 aromatic heterocycles. The number of benzene rings is 2. The molecule has 0 bridgehead atoms. The van der Waals surface area contributed by atoms with Crippen LogP contribution in [0.2, 0.25) is 0 Å². The van der Waals surface area contributed by atoms with Crippen LogP contribution in [0.1, 0.15) is 39.4 Å². The molecular weight excluding hydrogens is 480 g/mol. The van der Waals surface area contributed by atoms with Gasteiger partial charge in [0.25, 0.3) is 0 Å². The van der Waals surface area contributed by atoms with E-state index in [9.17, 15) is 4.79 Å². The predicted octanol–water partition coefficient (Wildman–Crippen LogP) is 3.41. The van der Waals surface area contributed by atoms with Crippen LogP contribution in [0.15, 0.2) is 34.8 Å². The molecule has 176 valence electrons. The molecule has 2 fully saturated rings. The number of hydrogen-bond donors (Lipinski definition) is 1. The molecule has 0 spiro atoms. The molecule has 33 heavy (non-hydrogen) atoms. The van der Waals surface area contributed by atoms with Crippen molar-refractivity contribution in [3.05, 3.63) is 57.1 Å². The van der Waals surface area contributed by atoms with Crippen LogP contribution in [0, 0.1) is 0 Å². The van der Waals surface area contributed by atoms with E-state index >= 15 is 0 Å². The van der Waals surface area contributed by atoms with Crippen molar-refractivity contribution in [1.29, 1.82) is 0 Å². The lowest BCUT2D eigenvalue weighted by Gasteiger charge is -2.38. The number of ether oxygens (including phenoxy) is 1. The van der Waals surface area contributed by atoms with Crippen LogP contribution >= 0.6 is 15.9 Å². The van der Waals surface area contributed by atoms with Crippen LogP contribution in [0.4, 0.5) is 11.4 Å². The number of nitrogens with two attached hydrogens (primary N) is 1. The van der Waals surface area contributed by atoms with E-state index in [0.29, 0.717) is 5.56 Å². The van der Waals surface area contributed by atoms with E-state index in [-0.39, 0.29) is 11.8 Å². The van der Waals surface area contributed by atoms with Gasteiger partial charge in [0.1, 0.15) is 0 Å². The fourth-order valence-electron chi connectivity index (χ4n) is 5.56. The van der Waals surface area contributed by atoms with E-state index in [2.05, 4.69) is 55.9 Å². The summed E-state index contributed by atoms with van der Waals surface area (Å²) in [5.74, 6) is -0.0561. The fraction of sp³-hybridized carbons (Fsp3) is 0.500. The number of primary amides is 1. The number of nitrogens with zero attached hydrogens (tertiary/aromatic N) is 3. The number of anilines is 2. The van der Waals surface area contributed by atoms with Crippen LogP contribution in [-0.2, 0) is 17.6 Å². The van der Waals surface area contributed by atoms with Gasteiger partial charge in [-0.2, -0.15) is 0 Å². The number of piperazine rings is 1. The van der Waals surface area contributed by atoms with E-state index in [0.717, 1.165) is 83.0 Å². The summed E-state index contributed by atoms with van der Waals surface area (Å²) in [4.78, 5) is 19.6. The average Bonchev–Trinajstić information content (AvgIpc) is 2.85. The molecule has 7 heteroatoms. The van der Waals surface area contributed by atoms with E-state index < -0.39 is 0 Å². The number of likely N-dealkylation sites (N-methyl/N-ethyl adjacent to an activating group) is 1. The Balaban J connectivity index is 1.49. The number of morpholine rings is 1. The zero-order valence-electron chi connectivity index (χ0n) is 19.4. The Morgan fingerprint density at radius 1 is 1.00 bits per heavy atom. The summed E-state index contributed by atoms with van der Waals surface area (Å²) in [7, 11) is 2.19. The minimum Gasteiger partial charge on any atom is -0.378 e. The Kier molecular flexibility index (Phi) is 6.63. The summed E-state index contributed by atoms with van der Waals surface area (Å²) in [6.45, 7) is 7.51. The maximum absolute atomic E-state index is 12.4. The first kappa shape index (κ1) is 22.7. The topological polar surface area (TPSA) is 62.0 Å². The maximum Gasteiger partial charge on any atom is 0.248 e. The Labute approximate surface area is 204 Å². The maximum atomic E-state index is 12.4. The summed E-state index contributed by atoms with van der Waals surface area (Å²) in [6, 6.07) is 10.7. The number of amides is 1. The largest absolute Gasteiger partial charge is 0.378 e. The smallest absolute Gasteiger partial charge is 0.248 e. The molecule has 0 radical (unpaired) electrons. The van der Waals surface area contributed by atoms with Crippen LogP contribution in [0.25, 0.3) is 0 Å². The van der Waals surface area contributed by atoms with E-state index in [1.165, 1.54) is 21.3 Å². The molecule has 2 aromatic rings. The molecule has 1 atom stereocenters. The van der Waals surface area contributed by atoms with Crippen molar-refractivity contribution in [2.75, 3.05) is 69.3 Å². The number of rotatable bonds is 4. The number of carbonyl (C=O) groups excluding carboxylic acids is 1. The molecular formula is C26H33BrN4O2. The average molecular weight is 513 g/mol. The van der Waals surface area contributed by atoms with Gasteiger partial charge in [-0.15, -0.1) is 0 Å². The number of fused-ring (bicyclic) bond motifs is 1. The molecule has 2 heterocycles. The van der Waals surface area contributed by atoms with Crippen molar-refractivity contribution in [3.8, 4) is 0 Å². The van der Waals surface area contributed by atoms with Gasteiger partial charge in [0.2, 0.25) is 5.91 Å². The van der Waals surface area contributed by atoms with Crippen molar-refractivity contribution in [2.45, 2.75) is 25.2 Å². The second kappa shape index (κ2) is 9.65. The second-order valence-corrected chi connectivity index (χ2v) is 10.3. The third-order valence-corrected chi connectivity index (χ3v) is 8.25. The molecule has 6 nitrogen and oxygen atoms in total. The molecule has 1 aliphatic carbocycles. The Hall–Kier alpha value is -2.09. The highest BCUT2D eigenvalue weighted by Crippen LogP contribution is 2.42. The van der Waals surface area contributed by atoms with Gasteiger partial charge in [-0.1, -0.05) is 15.9 Å². The Bertz CT molecular complexity index is 1030. The van der Waals surface area contributed by atoms with Gasteiger partial charge in [0.15, 0.2) is 0 Å². The van der Waals surface area contributed by atoms with E-state index in [1.807, 2.05) is 12.1 Å². The lowest BCUT2D eigenvalue weighted by atomic mass is 9.77. The zero-order valence-corrected chi connectivity index (χ0v) is 20.9. The molecule has 2 aromatic carbocycles. The first-order valence-corrected chi connectivity index (χ1v) is 12.8. The second-order valence-electron chi connectivity index (χ2n) is 9.49.